The average molecular weight is 236 g/mol. The van der Waals surface area contributed by atoms with Gasteiger partial charge in [0.1, 0.15) is 0 Å². The highest BCUT2D eigenvalue weighted by Gasteiger charge is 2.22. The maximum atomic E-state index is 9.34. The van der Waals surface area contributed by atoms with Crippen molar-refractivity contribution in [3.05, 3.63) is 29.8 Å². The third-order valence-corrected chi connectivity index (χ3v) is 3.44. The highest BCUT2D eigenvalue weighted by molar-refractivity contribution is 5.49. The lowest BCUT2D eigenvalue weighted by Crippen LogP contribution is -2.44. The molecule has 0 aliphatic carbocycles. The molecule has 1 rings (SSSR count). The number of benzene rings is 1. The summed E-state index contributed by atoms with van der Waals surface area (Å²) in [5, 5.41) is 9.34. The van der Waals surface area contributed by atoms with Crippen LogP contribution in [0.25, 0.3) is 0 Å². The van der Waals surface area contributed by atoms with E-state index in [-0.39, 0.29) is 18.2 Å². The van der Waals surface area contributed by atoms with Crippen molar-refractivity contribution < 1.29 is 5.11 Å². The number of nitrogens with zero attached hydrogens (tertiary/aromatic N) is 1. The molecule has 96 valence electrons. The minimum Gasteiger partial charge on any atom is -0.394 e. The molecular formula is C14H24N2O. The smallest absolute Gasteiger partial charge is 0.0658 e. The maximum Gasteiger partial charge on any atom is 0.0658 e. The van der Waals surface area contributed by atoms with Crippen molar-refractivity contribution >= 4 is 5.69 Å². The number of aliphatic hydroxyl groups excluding tert-OH is 1. The SMILES string of the molecule is CC[C@@H](N)c1ccc(N(C)C(C)(C)CO)cc1. The minimum absolute atomic E-state index is 0.111. The average Bonchev–Trinajstić information content (AvgIpc) is 2.37. The van der Waals surface area contributed by atoms with Gasteiger partial charge in [0.2, 0.25) is 0 Å². The molecule has 0 amide bonds. The fourth-order valence-corrected chi connectivity index (χ4v) is 1.64. The summed E-state index contributed by atoms with van der Waals surface area (Å²) in [5.74, 6) is 0. The number of likely N-dealkylation sites (N-methyl/N-ethyl adjacent to an activating group) is 1. The standard InChI is InChI=1S/C14H24N2O/c1-5-13(15)11-6-8-12(9-7-11)16(4)14(2,3)10-17/h6-9,13,17H,5,10,15H2,1-4H3/t13-/m1/s1. The topological polar surface area (TPSA) is 49.5 Å². The molecule has 0 saturated heterocycles. The third kappa shape index (κ3) is 3.20. The second-order valence-electron chi connectivity index (χ2n) is 5.14. The van der Waals surface area contributed by atoms with Gasteiger partial charge in [-0.25, -0.2) is 0 Å². The van der Waals surface area contributed by atoms with Crippen molar-refractivity contribution in [1.82, 2.24) is 0 Å². The fraction of sp³-hybridized carbons (Fsp3) is 0.571. The highest BCUT2D eigenvalue weighted by Crippen LogP contribution is 2.24. The molecule has 0 spiro atoms. The van der Waals surface area contributed by atoms with E-state index < -0.39 is 0 Å². The lowest BCUT2D eigenvalue weighted by atomic mass is 10.0. The summed E-state index contributed by atoms with van der Waals surface area (Å²) in [7, 11) is 1.99. The number of hydrogen-bond acceptors (Lipinski definition) is 3. The fourth-order valence-electron chi connectivity index (χ4n) is 1.64. The Morgan fingerprint density at radius 3 is 2.24 bits per heavy atom. The van der Waals surface area contributed by atoms with Crippen LogP contribution in [0.4, 0.5) is 5.69 Å². The van der Waals surface area contributed by atoms with Crippen LogP contribution in [0.15, 0.2) is 24.3 Å². The van der Waals surface area contributed by atoms with Gasteiger partial charge >= 0.3 is 0 Å². The molecule has 1 aromatic carbocycles. The molecule has 1 atom stereocenters. The molecule has 0 aromatic heterocycles. The zero-order valence-electron chi connectivity index (χ0n) is 11.3. The van der Waals surface area contributed by atoms with Gasteiger partial charge < -0.3 is 15.7 Å². The van der Waals surface area contributed by atoms with E-state index in [0.29, 0.717) is 0 Å². The van der Waals surface area contributed by atoms with E-state index in [4.69, 9.17) is 5.73 Å². The first-order valence-corrected chi connectivity index (χ1v) is 6.12. The van der Waals surface area contributed by atoms with Crippen molar-refractivity contribution in [3.8, 4) is 0 Å². The van der Waals surface area contributed by atoms with Gasteiger partial charge in [0.05, 0.1) is 12.1 Å². The Kier molecular flexibility index (Phi) is 4.54. The monoisotopic (exact) mass is 236 g/mol. The lowest BCUT2D eigenvalue weighted by molar-refractivity contribution is 0.216. The van der Waals surface area contributed by atoms with Crippen molar-refractivity contribution in [1.29, 1.82) is 0 Å². The number of hydrogen-bond donors (Lipinski definition) is 2. The normalized spacial score (nSPS) is 13.5. The van der Waals surface area contributed by atoms with E-state index >= 15 is 0 Å². The van der Waals surface area contributed by atoms with Crippen LogP contribution in [0.2, 0.25) is 0 Å². The number of rotatable bonds is 5. The van der Waals surface area contributed by atoms with Gasteiger partial charge in [-0.15, -0.1) is 0 Å². The Labute approximate surface area is 104 Å². The second-order valence-corrected chi connectivity index (χ2v) is 5.14. The van der Waals surface area contributed by atoms with Crippen LogP contribution in [0.5, 0.6) is 0 Å². The summed E-state index contributed by atoms with van der Waals surface area (Å²) in [4.78, 5) is 2.08. The van der Waals surface area contributed by atoms with E-state index in [0.717, 1.165) is 17.7 Å². The molecule has 0 aliphatic heterocycles. The number of nitrogens with two attached hydrogens (primary N) is 1. The number of anilines is 1. The summed E-state index contributed by atoms with van der Waals surface area (Å²) in [6.07, 6.45) is 0.942. The Bertz CT molecular complexity index is 346. The molecule has 0 unspecified atom stereocenters. The van der Waals surface area contributed by atoms with E-state index in [1.54, 1.807) is 0 Å². The van der Waals surface area contributed by atoms with Crippen molar-refractivity contribution in [3.63, 3.8) is 0 Å². The molecular weight excluding hydrogens is 212 g/mol. The highest BCUT2D eigenvalue weighted by atomic mass is 16.3. The first-order chi connectivity index (χ1) is 7.92. The molecule has 3 nitrogen and oxygen atoms in total. The van der Waals surface area contributed by atoms with Gasteiger partial charge in [-0.05, 0) is 38.0 Å². The summed E-state index contributed by atoms with van der Waals surface area (Å²) in [6.45, 7) is 6.23. The minimum atomic E-state index is -0.256. The predicted octanol–water partition coefficient (Wildman–Crippen LogP) is 2.30. The molecule has 3 heteroatoms. The van der Waals surface area contributed by atoms with E-state index in [1.165, 1.54) is 0 Å². The quantitative estimate of drug-likeness (QED) is 0.824. The molecule has 17 heavy (non-hydrogen) atoms. The molecule has 0 aliphatic rings. The molecule has 1 aromatic rings. The summed E-state index contributed by atoms with van der Waals surface area (Å²) in [6, 6.07) is 8.35. The zero-order chi connectivity index (χ0) is 13.1. The summed E-state index contributed by atoms with van der Waals surface area (Å²) in [5.41, 5.74) is 7.98. The first-order valence-electron chi connectivity index (χ1n) is 6.12. The van der Waals surface area contributed by atoms with Gasteiger partial charge in [0, 0.05) is 18.8 Å². The summed E-state index contributed by atoms with van der Waals surface area (Å²) < 4.78 is 0. The molecule has 0 bridgehead atoms. The van der Waals surface area contributed by atoms with Gasteiger partial charge in [-0.3, -0.25) is 0 Å². The van der Waals surface area contributed by atoms with Gasteiger partial charge in [-0.1, -0.05) is 19.1 Å². The molecule has 0 radical (unpaired) electrons. The maximum absolute atomic E-state index is 9.34. The Morgan fingerprint density at radius 1 is 1.29 bits per heavy atom. The van der Waals surface area contributed by atoms with Crippen LogP contribution >= 0.6 is 0 Å². The Balaban J connectivity index is 2.88. The first kappa shape index (κ1) is 14.0. The Hall–Kier alpha value is -1.06. The van der Waals surface area contributed by atoms with Crippen LogP contribution < -0.4 is 10.6 Å². The number of aliphatic hydroxyl groups is 1. The van der Waals surface area contributed by atoms with Crippen LogP contribution in [-0.4, -0.2) is 24.3 Å². The third-order valence-electron chi connectivity index (χ3n) is 3.44. The lowest BCUT2D eigenvalue weighted by Gasteiger charge is -2.36. The summed E-state index contributed by atoms with van der Waals surface area (Å²) >= 11 is 0. The van der Waals surface area contributed by atoms with E-state index in [2.05, 4.69) is 36.1 Å². The van der Waals surface area contributed by atoms with E-state index in [9.17, 15) is 5.11 Å². The van der Waals surface area contributed by atoms with Crippen LogP contribution in [0.1, 0.15) is 38.8 Å². The van der Waals surface area contributed by atoms with Crippen LogP contribution in [0, 0.1) is 0 Å². The van der Waals surface area contributed by atoms with Crippen LogP contribution in [0.3, 0.4) is 0 Å². The van der Waals surface area contributed by atoms with Crippen molar-refractivity contribution in [2.75, 3.05) is 18.6 Å². The second kappa shape index (κ2) is 5.52. The molecule has 3 N–H and O–H groups in total. The molecule has 0 fully saturated rings. The van der Waals surface area contributed by atoms with Crippen molar-refractivity contribution in [2.24, 2.45) is 5.73 Å². The van der Waals surface area contributed by atoms with E-state index in [1.807, 2.05) is 20.9 Å². The molecule has 0 saturated carbocycles. The van der Waals surface area contributed by atoms with Gasteiger partial charge in [-0.2, -0.15) is 0 Å². The Morgan fingerprint density at radius 2 is 1.82 bits per heavy atom. The van der Waals surface area contributed by atoms with Crippen molar-refractivity contribution in [2.45, 2.75) is 38.8 Å². The van der Waals surface area contributed by atoms with Gasteiger partial charge in [0.25, 0.3) is 0 Å². The molecule has 0 heterocycles. The van der Waals surface area contributed by atoms with Crippen LogP contribution in [-0.2, 0) is 0 Å². The van der Waals surface area contributed by atoms with Gasteiger partial charge in [0.15, 0.2) is 0 Å². The predicted molar refractivity (Wildman–Crippen MR) is 73.2 cm³/mol. The largest absolute Gasteiger partial charge is 0.394 e. The zero-order valence-corrected chi connectivity index (χ0v) is 11.3.